The van der Waals surface area contributed by atoms with Crippen molar-refractivity contribution in [1.82, 2.24) is 5.32 Å². The number of hydrogen-bond acceptors (Lipinski definition) is 4. The third-order valence-electron chi connectivity index (χ3n) is 4.34. The second-order valence-electron chi connectivity index (χ2n) is 5.86. The van der Waals surface area contributed by atoms with Crippen LogP contribution in [0.4, 0.5) is 0 Å². The highest BCUT2D eigenvalue weighted by Gasteiger charge is 2.40. The van der Waals surface area contributed by atoms with Crippen LogP contribution < -0.4 is 5.32 Å². The van der Waals surface area contributed by atoms with Gasteiger partial charge in [-0.3, -0.25) is 0 Å². The van der Waals surface area contributed by atoms with Crippen molar-refractivity contribution in [3.05, 3.63) is 21.4 Å². The maximum absolute atomic E-state index is 5.97. The van der Waals surface area contributed by atoms with Gasteiger partial charge in [0.1, 0.15) is 0 Å². The fourth-order valence-corrected chi connectivity index (χ4v) is 4.05. The molecule has 1 aromatic rings. The third-order valence-corrected chi connectivity index (χ3v) is 5.49. The van der Waals surface area contributed by atoms with E-state index in [0.29, 0.717) is 6.04 Å². The zero-order valence-electron chi connectivity index (χ0n) is 11.8. The Labute approximate surface area is 119 Å². The van der Waals surface area contributed by atoms with E-state index in [1.54, 1.807) is 0 Å². The second kappa shape index (κ2) is 5.52. The van der Waals surface area contributed by atoms with Crippen molar-refractivity contribution < 1.29 is 9.47 Å². The van der Waals surface area contributed by atoms with E-state index >= 15 is 0 Å². The van der Waals surface area contributed by atoms with Crippen LogP contribution in [-0.2, 0) is 16.0 Å². The number of nitrogens with one attached hydrogen (secondary N) is 1. The van der Waals surface area contributed by atoms with Crippen LogP contribution in [0.25, 0.3) is 0 Å². The first kappa shape index (κ1) is 13.6. The van der Waals surface area contributed by atoms with Crippen LogP contribution in [-0.4, -0.2) is 31.5 Å². The lowest BCUT2D eigenvalue weighted by Gasteiger charge is -2.37. The van der Waals surface area contributed by atoms with Crippen LogP contribution >= 0.6 is 11.3 Å². The second-order valence-corrected chi connectivity index (χ2v) is 7.20. The van der Waals surface area contributed by atoms with E-state index in [2.05, 4.69) is 25.2 Å². The van der Waals surface area contributed by atoms with Crippen molar-refractivity contribution in [3.8, 4) is 0 Å². The molecule has 3 rings (SSSR count). The summed E-state index contributed by atoms with van der Waals surface area (Å²) < 4.78 is 11.5. The van der Waals surface area contributed by atoms with Crippen molar-refractivity contribution in [2.75, 3.05) is 19.8 Å². The summed E-state index contributed by atoms with van der Waals surface area (Å²) in [6.07, 6.45) is 3.27. The van der Waals surface area contributed by atoms with Gasteiger partial charge in [-0.1, -0.05) is 0 Å². The van der Waals surface area contributed by atoms with Gasteiger partial charge in [0.2, 0.25) is 0 Å². The van der Waals surface area contributed by atoms with Crippen molar-refractivity contribution in [2.45, 2.75) is 51.3 Å². The summed E-state index contributed by atoms with van der Waals surface area (Å²) >= 11 is 1.91. The van der Waals surface area contributed by atoms with Gasteiger partial charge in [0.25, 0.3) is 0 Å². The Hall–Kier alpha value is -0.420. The van der Waals surface area contributed by atoms with Gasteiger partial charge < -0.3 is 14.8 Å². The topological polar surface area (TPSA) is 30.5 Å². The smallest absolute Gasteiger partial charge is 0.0951 e. The molecule has 0 aliphatic carbocycles. The van der Waals surface area contributed by atoms with Gasteiger partial charge in [-0.05, 0) is 38.3 Å². The molecular weight excluding hydrogens is 258 g/mol. The molecule has 0 radical (unpaired) electrons. The molecule has 0 saturated carbocycles. The molecule has 0 aromatic carbocycles. The minimum absolute atomic E-state index is 0.0111. The van der Waals surface area contributed by atoms with E-state index in [9.17, 15) is 0 Å². The molecule has 4 heteroatoms. The number of aryl methyl sites for hydroxylation is 2. The Bertz CT molecular complexity index is 418. The lowest BCUT2D eigenvalue weighted by molar-refractivity contribution is -0.0894. The molecule has 2 unspecified atom stereocenters. The molecule has 2 atom stereocenters. The molecule has 1 spiro atoms. The summed E-state index contributed by atoms with van der Waals surface area (Å²) in [6, 6.07) is 2.87. The van der Waals surface area contributed by atoms with E-state index in [4.69, 9.17) is 9.47 Å². The molecule has 2 aliphatic rings. The molecule has 3 nitrogen and oxygen atoms in total. The van der Waals surface area contributed by atoms with Gasteiger partial charge in [-0.25, -0.2) is 0 Å². The average molecular weight is 281 g/mol. The summed E-state index contributed by atoms with van der Waals surface area (Å²) in [7, 11) is 0. The Morgan fingerprint density at radius 2 is 2.32 bits per heavy atom. The largest absolute Gasteiger partial charge is 0.378 e. The fourth-order valence-electron chi connectivity index (χ4n) is 3.05. The number of hydrogen-bond donors (Lipinski definition) is 1. The first-order valence-electron chi connectivity index (χ1n) is 7.18. The van der Waals surface area contributed by atoms with Crippen LogP contribution in [0.5, 0.6) is 0 Å². The zero-order chi connectivity index (χ0) is 13.3. The average Bonchev–Trinajstić information content (AvgIpc) is 2.96. The summed E-state index contributed by atoms with van der Waals surface area (Å²) in [5, 5.41) is 3.70. The normalized spacial score (nSPS) is 31.2. The Balaban J connectivity index is 1.55. The van der Waals surface area contributed by atoms with E-state index in [1.165, 1.54) is 15.3 Å². The summed E-state index contributed by atoms with van der Waals surface area (Å²) in [5.74, 6) is 0. The van der Waals surface area contributed by atoms with E-state index < -0.39 is 0 Å². The molecule has 0 amide bonds. The Morgan fingerprint density at radius 3 is 3.00 bits per heavy atom. The number of thiophene rings is 1. The molecule has 2 aliphatic heterocycles. The molecule has 106 valence electrons. The van der Waals surface area contributed by atoms with Crippen molar-refractivity contribution >= 4 is 11.3 Å². The predicted octanol–water partition coefficient (Wildman–Crippen LogP) is 2.79. The van der Waals surface area contributed by atoms with Gasteiger partial charge in [0.15, 0.2) is 0 Å². The first-order chi connectivity index (χ1) is 9.17. The van der Waals surface area contributed by atoms with Gasteiger partial charge >= 0.3 is 0 Å². The van der Waals surface area contributed by atoms with Crippen LogP contribution in [0.2, 0.25) is 0 Å². The van der Waals surface area contributed by atoms with Gasteiger partial charge in [0.05, 0.1) is 12.2 Å². The maximum atomic E-state index is 5.97. The number of ether oxygens (including phenoxy) is 2. The van der Waals surface area contributed by atoms with Gasteiger partial charge in [-0.15, -0.1) is 11.3 Å². The Morgan fingerprint density at radius 1 is 1.42 bits per heavy atom. The zero-order valence-corrected chi connectivity index (χ0v) is 12.6. The lowest BCUT2D eigenvalue weighted by Crippen LogP contribution is -2.47. The lowest BCUT2D eigenvalue weighted by atomic mass is 9.90. The van der Waals surface area contributed by atoms with Gasteiger partial charge in [0, 0.05) is 42.0 Å². The molecule has 19 heavy (non-hydrogen) atoms. The monoisotopic (exact) mass is 281 g/mol. The molecule has 2 fully saturated rings. The van der Waals surface area contributed by atoms with Gasteiger partial charge in [-0.2, -0.15) is 0 Å². The van der Waals surface area contributed by atoms with Crippen molar-refractivity contribution in [2.24, 2.45) is 0 Å². The maximum Gasteiger partial charge on any atom is 0.0951 e. The van der Waals surface area contributed by atoms with Crippen LogP contribution in [0.3, 0.4) is 0 Å². The molecule has 2 saturated heterocycles. The van der Waals surface area contributed by atoms with Crippen molar-refractivity contribution in [3.63, 3.8) is 0 Å². The molecule has 0 bridgehead atoms. The third kappa shape index (κ3) is 3.02. The fraction of sp³-hybridized carbons (Fsp3) is 0.733. The summed E-state index contributed by atoms with van der Waals surface area (Å²) in [5.41, 5.74) is 1.42. The SMILES string of the molecule is Cc1cc(CNC2CCOC3(CCOC3)C2)sc1C. The van der Waals surface area contributed by atoms with E-state index in [-0.39, 0.29) is 5.60 Å². The summed E-state index contributed by atoms with van der Waals surface area (Å²) in [6.45, 7) is 7.88. The van der Waals surface area contributed by atoms with E-state index in [0.717, 1.165) is 45.6 Å². The Kier molecular flexibility index (Phi) is 3.94. The highest BCUT2D eigenvalue weighted by Crippen LogP contribution is 2.33. The van der Waals surface area contributed by atoms with E-state index in [1.807, 2.05) is 11.3 Å². The predicted molar refractivity (Wildman–Crippen MR) is 77.8 cm³/mol. The van der Waals surface area contributed by atoms with Crippen molar-refractivity contribution in [1.29, 1.82) is 0 Å². The minimum Gasteiger partial charge on any atom is -0.378 e. The van der Waals surface area contributed by atoms with Crippen LogP contribution in [0.15, 0.2) is 6.07 Å². The number of rotatable bonds is 3. The standard InChI is InChI=1S/C15H23NO2S/c1-11-7-14(19-12(11)2)9-16-13-3-5-18-15(8-13)4-6-17-10-15/h7,13,16H,3-6,8-10H2,1-2H3. The molecule has 1 N–H and O–H groups in total. The molecular formula is C15H23NO2S. The molecule has 3 heterocycles. The van der Waals surface area contributed by atoms with Crippen LogP contribution in [0.1, 0.15) is 34.6 Å². The van der Waals surface area contributed by atoms with Crippen LogP contribution in [0, 0.1) is 13.8 Å². The highest BCUT2D eigenvalue weighted by molar-refractivity contribution is 7.12. The first-order valence-corrected chi connectivity index (χ1v) is 8.00. The quantitative estimate of drug-likeness (QED) is 0.924. The highest BCUT2D eigenvalue weighted by atomic mass is 32.1. The minimum atomic E-state index is 0.0111. The molecule has 1 aromatic heterocycles. The summed E-state index contributed by atoms with van der Waals surface area (Å²) in [4.78, 5) is 2.88.